The number of quaternary nitrogens is 1. The summed E-state index contributed by atoms with van der Waals surface area (Å²) in [5.74, 6) is -0.809. The van der Waals surface area contributed by atoms with Crippen LogP contribution in [0.4, 0.5) is 0 Å². The van der Waals surface area contributed by atoms with Crippen molar-refractivity contribution in [1.29, 1.82) is 0 Å². The zero-order valence-electron chi connectivity index (χ0n) is 34.6. The molecule has 0 heterocycles. The molecule has 0 aromatic carbocycles. The third-order valence-corrected chi connectivity index (χ3v) is 10.3. The van der Waals surface area contributed by atoms with Gasteiger partial charge in [-0.3, -0.25) is 18.6 Å². The van der Waals surface area contributed by atoms with Gasteiger partial charge >= 0.3 is 19.8 Å². The molecule has 0 amide bonds. The average molecular weight is 761 g/mol. The van der Waals surface area contributed by atoms with Gasteiger partial charge in [0, 0.05) is 12.8 Å². The van der Waals surface area contributed by atoms with Crippen LogP contribution in [0.3, 0.4) is 0 Å². The molecule has 0 spiro atoms. The van der Waals surface area contributed by atoms with Crippen LogP contribution in [0.5, 0.6) is 0 Å². The first kappa shape index (κ1) is 50.8. The number of hydrogen-bond donors (Lipinski definition) is 1. The largest absolute Gasteiger partial charge is 0.472 e. The fraction of sp³-hybridized carbons (Fsp3) is 0.905. The Morgan fingerprint density at radius 2 is 0.981 bits per heavy atom. The molecule has 308 valence electrons. The summed E-state index contributed by atoms with van der Waals surface area (Å²) < 4.78 is 34.2. The SMILES string of the molecule is CCCCCCCCCC/C=C/CCCCCC(=O)O[C@H](COC(=O)CCCCCCCCCCCCCCC)COP(=O)(O)OCC[N+](C)(C)C. The summed E-state index contributed by atoms with van der Waals surface area (Å²) in [7, 11) is 1.48. The van der Waals surface area contributed by atoms with E-state index in [4.69, 9.17) is 18.5 Å². The molecule has 0 fully saturated rings. The molecule has 0 saturated carbocycles. The molecule has 0 aliphatic heterocycles. The second-order valence-electron chi connectivity index (χ2n) is 15.7. The number of phosphoric ester groups is 1. The average Bonchev–Trinajstić information content (AvgIpc) is 3.09. The Labute approximate surface area is 320 Å². The van der Waals surface area contributed by atoms with Gasteiger partial charge in [-0.1, -0.05) is 154 Å². The molecule has 0 radical (unpaired) electrons. The van der Waals surface area contributed by atoms with E-state index in [1.54, 1.807) is 0 Å². The maximum atomic E-state index is 12.7. The predicted molar refractivity (Wildman–Crippen MR) is 215 cm³/mol. The van der Waals surface area contributed by atoms with Crippen LogP contribution in [0, 0.1) is 0 Å². The lowest BCUT2D eigenvalue weighted by molar-refractivity contribution is -0.870. The van der Waals surface area contributed by atoms with Crippen molar-refractivity contribution in [3.63, 3.8) is 0 Å². The quantitative estimate of drug-likeness (QED) is 0.0217. The highest BCUT2D eigenvalue weighted by Crippen LogP contribution is 2.43. The first-order valence-corrected chi connectivity index (χ1v) is 22.9. The van der Waals surface area contributed by atoms with Crippen LogP contribution in [-0.4, -0.2) is 74.9 Å². The van der Waals surface area contributed by atoms with E-state index in [0.29, 0.717) is 23.9 Å². The highest BCUT2D eigenvalue weighted by Gasteiger charge is 2.27. The van der Waals surface area contributed by atoms with Crippen molar-refractivity contribution < 1.29 is 42.1 Å². The number of likely N-dealkylation sites (N-methyl/N-ethyl adjacent to an activating group) is 1. The van der Waals surface area contributed by atoms with Gasteiger partial charge in [0.1, 0.15) is 19.8 Å². The fourth-order valence-corrected chi connectivity index (χ4v) is 6.63. The van der Waals surface area contributed by atoms with Gasteiger partial charge in [-0.15, -0.1) is 0 Å². The molecular formula is C42H83NO8P+. The van der Waals surface area contributed by atoms with E-state index in [-0.39, 0.29) is 25.6 Å². The van der Waals surface area contributed by atoms with E-state index in [1.165, 1.54) is 116 Å². The Balaban J connectivity index is 4.38. The van der Waals surface area contributed by atoms with Crippen LogP contribution < -0.4 is 0 Å². The van der Waals surface area contributed by atoms with Gasteiger partial charge in [-0.25, -0.2) is 4.57 Å². The van der Waals surface area contributed by atoms with Crippen LogP contribution in [-0.2, 0) is 32.7 Å². The number of phosphoric acid groups is 1. The van der Waals surface area contributed by atoms with Crippen molar-refractivity contribution >= 4 is 19.8 Å². The monoisotopic (exact) mass is 761 g/mol. The smallest absolute Gasteiger partial charge is 0.462 e. The molecule has 0 aromatic heterocycles. The Bertz CT molecular complexity index is 907. The molecule has 0 aliphatic rings. The summed E-state index contributed by atoms with van der Waals surface area (Å²) in [5.41, 5.74) is 0. The third-order valence-electron chi connectivity index (χ3n) is 9.30. The van der Waals surface area contributed by atoms with Gasteiger partial charge in [-0.05, 0) is 38.5 Å². The molecular weight excluding hydrogens is 677 g/mol. The van der Waals surface area contributed by atoms with Crippen molar-refractivity contribution in [1.82, 2.24) is 0 Å². The van der Waals surface area contributed by atoms with E-state index >= 15 is 0 Å². The standard InChI is InChI=1S/C42H82NO8P/c1-6-8-10-12-14-16-18-20-21-23-25-27-29-31-33-35-42(45)51-40(39-50-52(46,47)49-37-36-43(3,4)5)38-48-41(44)34-32-30-28-26-24-22-19-17-15-13-11-9-7-2/h23,25,40H,6-22,24,26-39H2,1-5H3/p+1/b25-23+/t40-/m1/s1. The Morgan fingerprint density at radius 3 is 1.44 bits per heavy atom. The highest BCUT2D eigenvalue weighted by molar-refractivity contribution is 7.47. The van der Waals surface area contributed by atoms with Crippen molar-refractivity contribution in [2.75, 3.05) is 47.5 Å². The molecule has 0 rings (SSSR count). The van der Waals surface area contributed by atoms with Gasteiger partial charge < -0.3 is 18.9 Å². The topological polar surface area (TPSA) is 108 Å². The van der Waals surface area contributed by atoms with Crippen LogP contribution in [0.2, 0.25) is 0 Å². The number of rotatable bonds is 39. The summed E-state index contributed by atoms with van der Waals surface area (Å²) in [6, 6.07) is 0. The van der Waals surface area contributed by atoms with Gasteiger partial charge in [-0.2, -0.15) is 0 Å². The van der Waals surface area contributed by atoms with Crippen LogP contribution >= 0.6 is 7.82 Å². The van der Waals surface area contributed by atoms with Crippen molar-refractivity contribution in [3.8, 4) is 0 Å². The van der Waals surface area contributed by atoms with Gasteiger partial charge in [0.05, 0.1) is 27.7 Å². The van der Waals surface area contributed by atoms with E-state index in [1.807, 2.05) is 21.1 Å². The lowest BCUT2D eigenvalue weighted by Crippen LogP contribution is -2.37. The van der Waals surface area contributed by atoms with E-state index in [2.05, 4.69) is 26.0 Å². The number of ether oxygens (including phenoxy) is 2. The number of nitrogens with zero attached hydrogens (tertiary/aromatic N) is 1. The predicted octanol–water partition coefficient (Wildman–Crippen LogP) is 11.8. The van der Waals surface area contributed by atoms with Gasteiger partial charge in [0.15, 0.2) is 6.10 Å². The maximum absolute atomic E-state index is 12.7. The second kappa shape index (κ2) is 35.5. The lowest BCUT2D eigenvalue weighted by Gasteiger charge is -2.24. The number of allylic oxidation sites excluding steroid dienone is 2. The molecule has 10 heteroatoms. The Kier molecular flexibility index (Phi) is 34.6. The number of unbranched alkanes of at least 4 members (excludes halogenated alkanes) is 23. The highest BCUT2D eigenvalue weighted by atomic mass is 31.2. The summed E-state index contributed by atoms with van der Waals surface area (Å²) in [6.07, 6.45) is 35.4. The molecule has 0 aliphatic carbocycles. The normalized spacial score (nSPS) is 13.7. The number of carbonyl (C=O) groups is 2. The minimum atomic E-state index is -4.37. The number of esters is 2. The first-order valence-electron chi connectivity index (χ1n) is 21.4. The van der Waals surface area contributed by atoms with Crippen molar-refractivity contribution in [2.24, 2.45) is 0 Å². The van der Waals surface area contributed by atoms with Crippen molar-refractivity contribution in [3.05, 3.63) is 12.2 Å². The molecule has 9 nitrogen and oxygen atoms in total. The minimum Gasteiger partial charge on any atom is -0.462 e. The third kappa shape index (κ3) is 38.5. The summed E-state index contributed by atoms with van der Waals surface area (Å²) in [6.45, 7) is 4.41. The Hall–Kier alpha value is -1.25. The van der Waals surface area contributed by atoms with Gasteiger partial charge in [0.25, 0.3) is 0 Å². The fourth-order valence-electron chi connectivity index (χ4n) is 5.89. The minimum absolute atomic E-state index is 0.0320. The first-order chi connectivity index (χ1) is 25.0. The maximum Gasteiger partial charge on any atom is 0.472 e. The van der Waals surface area contributed by atoms with Gasteiger partial charge in [0.2, 0.25) is 0 Å². The summed E-state index contributed by atoms with van der Waals surface area (Å²) in [5, 5.41) is 0. The van der Waals surface area contributed by atoms with E-state index < -0.39 is 26.5 Å². The summed E-state index contributed by atoms with van der Waals surface area (Å²) >= 11 is 0. The van der Waals surface area contributed by atoms with E-state index in [9.17, 15) is 19.0 Å². The van der Waals surface area contributed by atoms with Crippen LogP contribution in [0.15, 0.2) is 12.2 Å². The summed E-state index contributed by atoms with van der Waals surface area (Å²) in [4.78, 5) is 35.3. The van der Waals surface area contributed by atoms with Crippen LogP contribution in [0.25, 0.3) is 0 Å². The Morgan fingerprint density at radius 1 is 0.577 bits per heavy atom. The lowest BCUT2D eigenvalue weighted by atomic mass is 10.0. The van der Waals surface area contributed by atoms with Crippen LogP contribution in [0.1, 0.15) is 194 Å². The molecule has 0 saturated heterocycles. The zero-order valence-corrected chi connectivity index (χ0v) is 35.5. The van der Waals surface area contributed by atoms with Crippen molar-refractivity contribution in [2.45, 2.75) is 200 Å². The molecule has 52 heavy (non-hydrogen) atoms. The second-order valence-corrected chi connectivity index (χ2v) is 17.2. The molecule has 2 atom stereocenters. The molecule has 1 unspecified atom stereocenters. The zero-order chi connectivity index (χ0) is 38.6. The molecule has 0 aromatic rings. The number of carbonyl (C=O) groups excluding carboxylic acids is 2. The molecule has 1 N–H and O–H groups in total. The number of hydrogen-bond acceptors (Lipinski definition) is 7. The molecule has 0 bridgehead atoms. The van der Waals surface area contributed by atoms with E-state index in [0.717, 1.165) is 44.9 Å².